The monoisotopic (exact) mass is 285 g/mol. The van der Waals surface area contributed by atoms with Crippen molar-refractivity contribution in [3.05, 3.63) is 18.0 Å². The lowest BCUT2D eigenvalue weighted by atomic mass is 10.1. The van der Waals surface area contributed by atoms with Crippen LogP contribution in [0.2, 0.25) is 0 Å². The second-order valence-corrected chi connectivity index (χ2v) is 6.80. The predicted octanol–water partition coefficient (Wildman–Crippen LogP) is 0.188. The van der Waals surface area contributed by atoms with E-state index in [1.165, 1.54) is 12.3 Å². The topological polar surface area (TPSA) is 100 Å². The molecule has 1 unspecified atom stereocenters. The van der Waals surface area contributed by atoms with Crippen molar-refractivity contribution < 1.29 is 18.3 Å². The van der Waals surface area contributed by atoms with E-state index in [2.05, 4.69) is 9.97 Å². The Bertz CT molecular complexity index is 587. The molecule has 2 heterocycles. The Morgan fingerprint density at radius 1 is 1.53 bits per heavy atom. The quantitative estimate of drug-likeness (QED) is 0.845. The summed E-state index contributed by atoms with van der Waals surface area (Å²) in [5.74, 6) is -0.618. The van der Waals surface area contributed by atoms with Gasteiger partial charge in [0.15, 0.2) is 15.5 Å². The smallest absolute Gasteiger partial charge is 0.354 e. The number of aromatic nitrogens is 2. The van der Waals surface area contributed by atoms with E-state index in [-0.39, 0.29) is 29.2 Å². The molecule has 7 nitrogen and oxygen atoms in total. The summed E-state index contributed by atoms with van der Waals surface area (Å²) in [6.45, 7) is 0. The van der Waals surface area contributed by atoms with Crippen molar-refractivity contribution >= 4 is 21.8 Å². The summed E-state index contributed by atoms with van der Waals surface area (Å²) < 4.78 is 23.2. The zero-order chi connectivity index (χ0) is 14.0. The number of carboxylic acid groups (broad SMARTS) is 1. The van der Waals surface area contributed by atoms with E-state index < -0.39 is 15.8 Å². The zero-order valence-corrected chi connectivity index (χ0v) is 11.3. The Morgan fingerprint density at radius 2 is 2.26 bits per heavy atom. The van der Waals surface area contributed by atoms with Crippen molar-refractivity contribution in [2.24, 2.45) is 0 Å². The standard InChI is InChI=1S/C11H15N3O4S/c1-14(8-3-2-6-19(17,18)7-8)11-12-5-4-9(13-11)10(15)16/h4-5,8H,2-3,6-7H2,1H3,(H,15,16). The average molecular weight is 285 g/mol. The van der Waals surface area contributed by atoms with Crippen LogP contribution in [-0.2, 0) is 9.84 Å². The van der Waals surface area contributed by atoms with E-state index in [0.717, 1.165) is 6.42 Å². The molecular weight excluding hydrogens is 270 g/mol. The lowest BCUT2D eigenvalue weighted by molar-refractivity contribution is 0.0690. The molecule has 1 aliphatic rings. The third kappa shape index (κ3) is 3.19. The van der Waals surface area contributed by atoms with Crippen LogP contribution in [0.15, 0.2) is 12.3 Å². The van der Waals surface area contributed by atoms with Crippen LogP contribution in [0.25, 0.3) is 0 Å². The summed E-state index contributed by atoms with van der Waals surface area (Å²) in [7, 11) is -1.34. The number of carboxylic acids is 1. The number of rotatable bonds is 3. The van der Waals surface area contributed by atoms with Gasteiger partial charge in [-0.2, -0.15) is 0 Å². The first-order valence-electron chi connectivity index (χ1n) is 5.88. The van der Waals surface area contributed by atoms with Crippen LogP contribution in [0.5, 0.6) is 0 Å². The molecule has 1 saturated heterocycles. The third-order valence-electron chi connectivity index (χ3n) is 3.16. The Labute approximate surface area is 111 Å². The van der Waals surface area contributed by atoms with Crippen molar-refractivity contribution in [2.75, 3.05) is 23.5 Å². The van der Waals surface area contributed by atoms with Gasteiger partial charge in [-0.05, 0) is 18.9 Å². The Morgan fingerprint density at radius 3 is 2.89 bits per heavy atom. The maximum absolute atomic E-state index is 11.6. The minimum Gasteiger partial charge on any atom is -0.477 e. The van der Waals surface area contributed by atoms with Crippen molar-refractivity contribution in [2.45, 2.75) is 18.9 Å². The molecule has 1 atom stereocenters. The predicted molar refractivity (Wildman–Crippen MR) is 69.1 cm³/mol. The highest BCUT2D eigenvalue weighted by Gasteiger charge is 2.28. The number of carbonyl (C=O) groups is 1. The molecule has 1 N–H and O–H groups in total. The van der Waals surface area contributed by atoms with Crippen LogP contribution >= 0.6 is 0 Å². The van der Waals surface area contributed by atoms with E-state index in [0.29, 0.717) is 6.42 Å². The van der Waals surface area contributed by atoms with Gasteiger partial charge in [-0.1, -0.05) is 0 Å². The molecule has 0 saturated carbocycles. The third-order valence-corrected chi connectivity index (χ3v) is 4.97. The molecule has 0 aromatic carbocycles. The summed E-state index contributed by atoms with van der Waals surface area (Å²) in [6.07, 6.45) is 2.70. The molecular formula is C11H15N3O4S. The molecule has 0 bridgehead atoms. The number of sulfone groups is 1. The molecule has 8 heteroatoms. The molecule has 1 aromatic rings. The maximum Gasteiger partial charge on any atom is 0.354 e. The van der Waals surface area contributed by atoms with Gasteiger partial charge < -0.3 is 10.0 Å². The van der Waals surface area contributed by atoms with E-state index in [4.69, 9.17) is 5.11 Å². The normalized spacial score (nSPS) is 21.8. The van der Waals surface area contributed by atoms with Gasteiger partial charge in [-0.3, -0.25) is 0 Å². The van der Waals surface area contributed by atoms with Gasteiger partial charge >= 0.3 is 5.97 Å². The van der Waals surface area contributed by atoms with Crippen LogP contribution < -0.4 is 4.90 Å². The molecule has 0 spiro atoms. The van der Waals surface area contributed by atoms with E-state index in [9.17, 15) is 13.2 Å². The van der Waals surface area contributed by atoms with Gasteiger partial charge in [-0.25, -0.2) is 23.2 Å². The molecule has 0 radical (unpaired) electrons. The fraction of sp³-hybridized carbons (Fsp3) is 0.545. The number of aromatic carboxylic acids is 1. The summed E-state index contributed by atoms with van der Waals surface area (Å²) in [4.78, 5) is 20.4. The molecule has 1 aliphatic heterocycles. The van der Waals surface area contributed by atoms with Gasteiger partial charge in [0.25, 0.3) is 0 Å². The summed E-state index contributed by atoms with van der Waals surface area (Å²) in [5.41, 5.74) is -0.101. The largest absolute Gasteiger partial charge is 0.477 e. The number of hydrogen-bond acceptors (Lipinski definition) is 6. The van der Waals surface area contributed by atoms with Crippen molar-refractivity contribution in [3.8, 4) is 0 Å². The van der Waals surface area contributed by atoms with E-state index in [1.54, 1.807) is 11.9 Å². The SMILES string of the molecule is CN(c1nccc(C(=O)O)n1)C1CCCS(=O)(=O)C1. The van der Waals surface area contributed by atoms with Gasteiger partial charge in [0, 0.05) is 19.3 Å². The van der Waals surface area contributed by atoms with Crippen molar-refractivity contribution in [1.82, 2.24) is 9.97 Å². The van der Waals surface area contributed by atoms with E-state index in [1.807, 2.05) is 0 Å². The number of hydrogen-bond donors (Lipinski definition) is 1. The van der Waals surface area contributed by atoms with Gasteiger partial charge in [0.05, 0.1) is 11.5 Å². The minimum atomic E-state index is -3.02. The molecule has 2 rings (SSSR count). The van der Waals surface area contributed by atoms with Crippen LogP contribution in [0, 0.1) is 0 Å². The molecule has 104 valence electrons. The lowest BCUT2D eigenvalue weighted by Gasteiger charge is -2.30. The highest BCUT2D eigenvalue weighted by Crippen LogP contribution is 2.19. The molecule has 0 amide bonds. The number of nitrogens with zero attached hydrogens (tertiary/aromatic N) is 3. The van der Waals surface area contributed by atoms with Crippen LogP contribution in [0.1, 0.15) is 23.3 Å². The fourth-order valence-corrected chi connectivity index (χ4v) is 3.85. The molecule has 1 aromatic heterocycles. The zero-order valence-electron chi connectivity index (χ0n) is 10.5. The summed E-state index contributed by atoms with van der Waals surface area (Å²) in [5, 5.41) is 8.88. The Balaban J connectivity index is 2.21. The Kier molecular flexibility index (Phi) is 3.70. The van der Waals surface area contributed by atoms with Crippen LogP contribution in [-0.4, -0.2) is 54.1 Å². The van der Waals surface area contributed by atoms with Gasteiger partial charge in [-0.15, -0.1) is 0 Å². The first-order chi connectivity index (χ1) is 8.89. The minimum absolute atomic E-state index is 0.0597. The van der Waals surface area contributed by atoms with Crippen molar-refractivity contribution in [3.63, 3.8) is 0 Å². The van der Waals surface area contributed by atoms with Gasteiger partial charge in [0.2, 0.25) is 5.95 Å². The second-order valence-electron chi connectivity index (χ2n) is 4.57. The number of anilines is 1. The maximum atomic E-state index is 11.6. The average Bonchev–Trinajstić information content (AvgIpc) is 2.37. The van der Waals surface area contributed by atoms with Crippen molar-refractivity contribution in [1.29, 1.82) is 0 Å². The molecule has 0 aliphatic carbocycles. The fourth-order valence-electron chi connectivity index (χ4n) is 2.10. The first-order valence-corrected chi connectivity index (χ1v) is 7.71. The first kappa shape index (κ1) is 13.7. The highest BCUT2D eigenvalue weighted by molar-refractivity contribution is 7.91. The second kappa shape index (κ2) is 5.12. The molecule has 1 fully saturated rings. The summed E-state index contributed by atoms with van der Waals surface area (Å²) >= 11 is 0. The Hall–Kier alpha value is -1.70. The van der Waals surface area contributed by atoms with E-state index >= 15 is 0 Å². The van der Waals surface area contributed by atoms with Crippen LogP contribution in [0.4, 0.5) is 5.95 Å². The van der Waals surface area contributed by atoms with Crippen LogP contribution in [0.3, 0.4) is 0 Å². The summed E-state index contributed by atoms with van der Waals surface area (Å²) in [6, 6.07) is 1.10. The highest BCUT2D eigenvalue weighted by atomic mass is 32.2. The molecule has 19 heavy (non-hydrogen) atoms. The van der Waals surface area contributed by atoms with Gasteiger partial charge in [0.1, 0.15) is 0 Å². The lowest BCUT2D eigenvalue weighted by Crippen LogP contribution is -2.42.